The molecule has 0 fully saturated rings. The first-order valence-electron chi connectivity index (χ1n) is 9.59. The molecule has 0 atom stereocenters. The molecule has 2 aromatic carbocycles. The van der Waals surface area contributed by atoms with Crippen molar-refractivity contribution in [3.63, 3.8) is 0 Å². The van der Waals surface area contributed by atoms with E-state index in [1.807, 2.05) is 38.1 Å². The lowest BCUT2D eigenvalue weighted by Crippen LogP contribution is -2.14. The van der Waals surface area contributed by atoms with Crippen LogP contribution in [0.2, 0.25) is 0 Å². The molecule has 0 aliphatic carbocycles. The van der Waals surface area contributed by atoms with E-state index in [0.717, 1.165) is 39.9 Å². The predicted molar refractivity (Wildman–Crippen MR) is 122 cm³/mol. The van der Waals surface area contributed by atoms with Gasteiger partial charge in [0, 0.05) is 16.6 Å². The van der Waals surface area contributed by atoms with Crippen molar-refractivity contribution in [2.24, 2.45) is 0 Å². The number of hydrogen-bond donors (Lipinski definition) is 1. The van der Waals surface area contributed by atoms with Gasteiger partial charge in [-0.05, 0) is 67.6 Å². The number of halogens is 1. The predicted octanol–water partition coefficient (Wildman–Crippen LogP) is 5.36. The van der Waals surface area contributed by atoms with Gasteiger partial charge in [-0.3, -0.25) is 4.79 Å². The molecule has 3 aromatic rings. The van der Waals surface area contributed by atoms with Gasteiger partial charge in [0.05, 0.1) is 12.9 Å². The summed E-state index contributed by atoms with van der Waals surface area (Å²) in [5.41, 5.74) is 4.21. The summed E-state index contributed by atoms with van der Waals surface area (Å²) >= 11 is 4.69. The molecule has 1 N–H and O–H groups in total. The topological polar surface area (TPSA) is 77.2 Å². The molecular formula is C22H24BrN3O3S. The van der Waals surface area contributed by atoms with Gasteiger partial charge in [-0.15, -0.1) is 10.2 Å². The molecule has 0 bridgehead atoms. The van der Waals surface area contributed by atoms with Crippen molar-refractivity contribution in [2.45, 2.75) is 38.3 Å². The number of ether oxygens (including phenoxy) is 1. The smallest absolute Gasteiger partial charge is 0.277 e. The highest BCUT2D eigenvalue weighted by Gasteiger charge is 2.11. The molecule has 0 aliphatic heterocycles. The quantitative estimate of drug-likeness (QED) is 0.407. The number of rotatable bonds is 9. The van der Waals surface area contributed by atoms with E-state index in [1.165, 1.54) is 17.3 Å². The number of nitrogens with one attached hydrogen (secondary N) is 1. The molecular weight excluding hydrogens is 466 g/mol. The fraction of sp³-hybridized carbons (Fsp3) is 0.318. The third kappa shape index (κ3) is 6.34. The number of methoxy groups -OCH3 is 1. The first-order valence-corrected chi connectivity index (χ1v) is 11.4. The van der Waals surface area contributed by atoms with Gasteiger partial charge in [0.2, 0.25) is 11.8 Å². The number of benzene rings is 2. The van der Waals surface area contributed by atoms with E-state index in [4.69, 9.17) is 9.15 Å². The van der Waals surface area contributed by atoms with Crippen molar-refractivity contribution in [1.29, 1.82) is 0 Å². The summed E-state index contributed by atoms with van der Waals surface area (Å²) in [5.74, 6) is 1.58. The monoisotopic (exact) mass is 489 g/mol. The molecule has 0 aliphatic rings. The minimum atomic E-state index is -0.114. The second-order valence-corrected chi connectivity index (χ2v) is 8.70. The molecule has 0 spiro atoms. The SMILES string of the molecule is COc1ccc(CCCc2nnc(SCC(=O)Nc3ccc(Br)c(C)c3)o2)cc1C. The summed E-state index contributed by atoms with van der Waals surface area (Å²) < 4.78 is 12.0. The maximum absolute atomic E-state index is 12.1. The van der Waals surface area contributed by atoms with Crippen LogP contribution in [-0.2, 0) is 17.6 Å². The molecule has 3 rings (SSSR count). The van der Waals surface area contributed by atoms with Crippen molar-refractivity contribution in [2.75, 3.05) is 18.2 Å². The number of thioether (sulfide) groups is 1. The summed E-state index contributed by atoms with van der Waals surface area (Å²) in [6.07, 6.45) is 2.52. The van der Waals surface area contributed by atoms with Gasteiger partial charge in [-0.1, -0.05) is 39.8 Å². The van der Waals surface area contributed by atoms with E-state index in [9.17, 15) is 4.79 Å². The van der Waals surface area contributed by atoms with Crippen LogP contribution in [0.3, 0.4) is 0 Å². The van der Waals surface area contributed by atoms with Crippen LogP contribution < -0.4 is 10.1 Å². The first kappa shape index (κ1) is 22.4. The average molecular weight is 490 g/mol. The number of anilines is 1. The molecule has 0 radical (unpaired) electrons. The molecule has 0 saturated carbocycles. The molecule has 1 aromatic heterocycles. The summed E-state index contributed by atoms with van der Waals surface area (Å²) in [7, 11) is 1.68. The molecule has 6 nitrogen and oxygen atoms in total. The summed E-state index contributed by atoms with van der Waals surface area (Å²) in [6, 6.07) is 11.9. The second-order valence-electron chi connectivity index (χ2n) is 6.92. The highest BCUT2D eigenvalue weighted by molar-refractivity contribution is 9.10. The highest BCUT2D eigenvalue weighted by Crippen LogP contribution is 2.22. The average Bonchev–Trinajstić information content (AvgIpc) is 3.17. The van der Waals surface area contributed by atoms with Gasteiger partial charge in [0.1, 0.15) is 5.75 Å². The third-order valence-corrected chi connectivity index (χ3v) is 6.24. The zero-order chi connectivity index (χ0) is 21.5. The Balaban J connectivity index is 1.42. The Hall–Kier alpha value is -2.32. The molecule has 30 heavy (non-hydrogen) atoms. The fourth-order valence-electron chi connectivity index (χ4n) is 2.98. The van der Waals surface area contributed by atoms with Crippen LogP contribution in [0.4, 0.5) is 5.69 Å². The molecule has 0 unspecified atom stereocenters. The minimum Gasteiger partial charge on any atom is -0.496 e. The van der Waals surface area contributed by atoms with Crippen LogP contribution >= 0.6 is 27.7 Å². The lowest BCUT2D eigenvalue weighted by Gasteiger charge is -2.06. The fourth-order valence-corrected chi connectivity index (χ4v) is 3.81. The Morgan fingerprint density at radius 2 is 1.97 bits per heavy atom. The summed E-state index contributed by atoms with van der Waals surface area (Å²) in [5, 5.41) is 11.4. The lowest BCUT2D eigenvalue weighted by atomic mass is 10.1. The third-order valence-electron chi connectivity index (χ3n) is 4.53. The van der Waals surface area contributed by atoms with Gasteiger partial charge in [0.25, 0.3) is 5.22 Å². The van der Waals surface area contributed by atoms with Crippen LogP contribution in [0, 0.1) is 13.8 Å². The molecule has 158 valence electrons. The standard InChI is InChI=1S/C22H24BrN3O3S/c1-14-12-17(8-9-18(14)23)24-20(27)13-30-22-26-25-21(29-22)6-4-5-16-7-10-19(28-3)15(2)11-16/h7-12H,4-6,13H2,1-3H3,(H,24,27). The lowest BCUT2D eigenvalue weighted by molar-refractivity contribution is -0.113. The molecule has 1 heterocycles. The van der Waals surface area contributed by atoms with E-state index in [0.29, 0.717) is 17.5 Å². The number of carbonyl (C=O) groups excluding carboxylic acids is 1. The normalized spacial score (nSPS) is 10.8. The first-order chi connectivity index (χ1) is 14.4. The van der Waals surface area contributed by atoms with E-state index in [1.54, 1.807) is 7.11 Å². The van der Waals surface area contributed by atoms with Gasteiger partial charge in [-0.25, -0.2) is 0 Å². The minimum absolute atomic E-state index is 0.114. The van der Waals surface area contributed by atoms with E-state index in [-0.39, 0.29) is 11.7 Å². The van der Waals surface area contributed by atoms with E-state index >= 15 is 0 Å². The van der Waals surface area contributed by atoms with Crippen LogP contribution in [0.1, 0.15) is 29.0 Å². The number of carbonyl (C=O) groups is 1. The number of amides is 1. The maximum Gasteiger partial charge on any atom is 0.277 e. The van der Waals surface area contributed by atoms with Crippen molar-refractivity contribution >= 4 is 39.3 Å². The molecule has 0 saturated heterocycles. The van der Waals surface area contributed by atoms with Gasteiger partial charge < -0.3 is 14.5 Å². The highest BCUT2D eigenvalue weighted by atomic mass is 79.9. The van der Waals surface area contributed by atoms with Crippen molar-refractivity contribution < 1.29 is 13.9 Å². The van der Waals surface area contributed by atoms with Crippen LogP contribution in [-0.4, -0.2) is 29.0 Å². The van der Waals surface area contributed by atoms with Gasteiger partial charge in [0.15, 0.2) is 0 Å². The Kier molecular flexibility index (Phi) is 7.93. The van der Waals surface area contributed by atoms with Crippen LogP contribution in [0.5, 0.6) is 5.75 Å². The zero-order valence-electron chi connectivity index (χ0n) is 17.2. The largest absolute Gasteiger partial charge is 0.496 e. The zero-order valence-corrected chi connectivity index (χ0v) is 19.6. The van der Waals surface area contributed by atoms with Crippen molar-refractivity contribution in [3.8, 4) is 5.75 Å². The van der Waals surface area contributed by atoms with Gasteiger partial charge in [-0.2, -0.15) is 0 Å². The second kappa shape index (κ2) is 10.6. The Bertz CT molecular complexity index is 1020. The Labute approximate surface area is 188 Å². The van der Waals surface area contributed by atoms with Gasteiger partial charge >= 0.3 is 0 Å². The summed E-state index contributed by atoms with van der Waals surface area (Å²) in [6.45, 7) is 4.02. The van der Waals surface area contributed by atoms with Crippen LogP contribution in [0.15, 0.2) is 50.5 Å². The number of aryl methyl sites for hydroxylation is 4. The number of aromatic nitrogens is 2. The van der Waals surface area contributed by atoms with Crippen molar-refractivity contribution in [1.82, 2.24) is 10.2 Å². The van der Waals surface area contributed by atoms with Crippen LogP contribution in [0.25, 0.3) is 0 Å². The van der Waals surface area contributed by atoms with E-state index in [2.05, 4.69) is 43.6 Å². The number of hydrogen-bond acceptors (Lipinski definition) is 6. The molecule has 1 amide bonds. The maximum atomic E-state index is 12.1. The summed E-state index contributed by atoms with van der Waals surface area (Å²) in [4.78, 5) is 12.1. The Morgan fingerprint density at radius 1 is 1.13 bits per heavy atom. The number of nitrogens with zero attached hydrogens (tertiary/aromatic N) is 2. The van der Waals surface area contributed by atoms with Crippen molar-refractivity contribution in [3.05, 3.63) is 63.5 Å². The van der Waals surface area contributed by atoms with E-state index < -0.39 is 0 Å². The molecule has 8 heteroatoms. The Morgan fingerprint density at radius 3 is 2.70 bits per heavy atom.